The fraction of sp³-hybridized carbons (Fsp3) is 0.458. The van der Waals surface area contributed by atoms with Gasteiger partial charge in [-0.3, -0.25) is 4.79 Å². The van der Waals surface area contributed by atoms with Crippen LogP contribution in [0.2, 0.25) is 0 Å². The van der Waals surface area contributed by atoms with E-state index in [1.165, 1.54) is 32.1 Å². The molecule has 1 atom stereocenters. The second kappa shape index (κ2) is 8.60. The Hall–Kier alpha value is -2.29. The molecule has 142 valence electrons. The fourth-order valence-corrected chi connectivity index (χ4v) is 4.52. The van der Waals surface area contributed by atoms with Gasteiger partial charge in [0, 0.05) is 18.5 Å². The SMILES string of the molecule is O=C1C(Cc2ccccc2OCc2ccccc2)CCN1C1CCCCC1. The third kappa shape index (κ3) is 4.35. The smallest absolute Gasteiger partial charge is 0.226 e. The molecule has 1 unspecified atom stereocenters. The van der Waals surface area contributed by atoms with Gasteiger partial charge in [0.25, 0.3) is 0 Å². The Labute approximate surface area is 162 Å². The summed E-state index contributed by atoms with van der Waals surface area (Å²) >= 11 is 0. The number of rotatable bonds is 6. The van der Waals surface area contributed by atoms with Crippen LogP contribution in [-0.4, -0.2) is 23.4 Å². The molecule has 2 aromatic carbocycles. The van der Waals surface area contributed by atoms with Crippen molar-refractivity contribution in [2.24, 2.45) is 5.92 Å². The topological polar surface area (TPSA) is 29.5 Å². The van der Waals surface area contributed by atoms with E-state index < -0.39 is 0 Å². The summed E-state index contributed by atoms with van der Waals surface area (Å²) in [5, 5.41) is 0. The molecule has 0 radical (unpaired) electrons. The maximum Gasteiger partial charge on any atom is 0.226 e. The van der Waals surface area contributed by atoms with Crippen LogP contribution in [0.3, 0.4) is 0 Å². The standard InChI is InChI=1S/C24H29NO2/c26-24-21(15-16-25(24)22-12-5-2-6-13-22)17-20-11-7-8-14-23(20)27-18-19-9-3-1-4-10-19/h1,3-4,7-11,14,21-22H,2,5-6,12-13,15-18H2. The number of carbonyl (C=O) groups is 1. The first-order valence-electron chi connectivity index (χ1n) is 10.4. The molecule has 0 N–H and O–H groups in total. The van der Waals surface area contributed by atoms with Crippen molar-refractivity contribution in [3.63, 3.8) is 0 Å². The van der Waals surface area contributed by atoms with Crippen LogP contribution in [0.4, 0.5) is 0 Å². The van der Waals surface area contributed by atoms with E-state index in [1.807, 2.05) is 36.4 Å². The van der Waals surface area contributed by atoms with Gasteiger partial charge in [0.2, 0.25) is 5.91 Å². The van der Waals surface area contributed by atoms with Gasteiger partial charge in [-0.15, -0.1) is 0 Å². The Morgan fingerprint density at radius 2 is 1.63 bits per heavy atom. The largest absolute Gasteiger partial charge is 0.489 e. The number of hydrogen-bond donors (Lipinski definition) is 0. The van der Waals surface area contributed by atoms with E-state index in [0.29, 0.717) is 18.6 Å². The molecule has 1 amide bonds. The van der Waals surface area contributed by atoms with Crippen molar-refractivity contribution >= 4 is 5.91 Å². The summed E-state index contributed by atoms with van der Waals surface area (Å²) in [6.45, 7) is 1.49. The Balaban J connectivity index is 1.40. The highest BCUT2D eigenvalue weighted by atomic mass is 16.5. The van der Waals surface area contributed by atoms with Crippen molar-refractivity contribution in [1.29, 1.82) is 0 Å². The van der Waals surface area contributed by atoms with Crippen molar-refractivity contribution in [2.45, 2.75) is 57.6 Å². The van der Waals surface area contributed by atoms with Crippen LogP contribution in [0, 0.1) is 5.92 Å². The molecule has 0 bridgehead atoms. The highest BCUT2D eigenvalue weighted by molar-refractivity contribution is 5.81. The number of benzene rings is 2. The number of ether oxygens (including phenoxy) is 1. The summed E-state index contributed by atoms with van der Waals surface area (Å²) in [6.07, 6.45) is 8.01. The first kappa shape index (κ1) is 18.1. The molecule has 2 fully saturated rings. The second-order valence-electron chi connectivity index (χ2n) is 7.90. The van der Waals surface area contributed by atoms with Gasteiger partial charge in [-0.05, 0) is 42.9 Å². The molecule has 1 saturated carbocycles. The lowest BCUT2D eigenvalue weighted by atomic mass is 9.94. The molecule has 1 heterocycles. The monoisotopic (exact) mass is 363 g/mol. The van der Waals surface area contributed by atoms with Gasteiger partial charge < -0.3 is 9.64 Å². The molecule has 0 aromatic heterocycles. The molecular formula is C24H29NO2. The van der Waals surface area contributed by atoms with Gasteiger partial charge in [-0.1, -0.05) is 67.8 Å². The minimum Gasteiger partial charge on any atom is -0.489 e. The zero-order valence-corrected chi connectivity index (χ0v) is 16.0. The molecule has 0 spiro atoms. The van der Waals surface area contributed by atoms with E-state index in [1.54, 1.807) is 0 Å². The van der Waals surface area contributed by atoms with Crippen LogP contribution in [-0.2, 0) is 17.8 Å². The first-order valence-corrected chi connectivity index (χ1v) is 10.4. The van der Waals surface area contributed by atoms with Crippen molar-refractivity contribution in [3.05, 3.63) is 65.7 Å². The number of nitrogens with zero attached hydrogens (tertiary/aromatic N) is 1. The highest BCUT2D eigenvalue weighted by Crippen LogP contribution is 2.32. The van der Waals surface area contributed by atoms with Gasteiger partial charge in [0.1, 0.15) is 12.4 Å². The summed E-state index contributed by atoms with van der Waals surface area (Å²) in [5.74, 6) is 1.37. The van der Waals surface area contributed by atoms with Crippen LogP contribution in [0.25, 0.3) is 0 Å². The Bertz CT molecular complexity index is 752. The van der Waals surface area contributed by atoms with Gasteiger partial charge in [0.05, 0.1) is 0 Å². The molecule has 27 heavy (non-hydrogen) atoms. The molecule has 1 aliphatic carbocycles. The second-order valence-corrected chi connectivity index (χ2v) is 7.90. The number of amides is 1. The number of likely N-dealkylation sites (tertiary alicyclic amines) is 1. The molecule has 1 aliphatic heterocycles. The van der Waals surface area contributed by atoms with Crippen LogP contribution in [0.5, 0.6) is 5.75 Å². The maximum atomic E-state index is 13.0. The van der Waals surface area contributed by atoms with Crippen LogP contribution < -0.4 is 4.74 Å². The zero-order chi connectivity index (χ0) is 18.5. The predicted molar refractivity (Wildman–Crippen MR) is 108 cm³/mol. The van der Waals surface area contributed by atoms with E-state index >= 15 is 0 Å². The quantitative estimate of drug-likeness (QED) is 0.724. The molecule has 3 heteroatoms. The minimum absolute atomic E-state index is 0.105. The van der Waals surface area contributed by atoms with Gasteiger partial charge >= 0.3 is 0 Å². The summed E-state index contributed by atoms with van der Waals surface area (Å²) < 4.78 is 6.09. The van der Waals surface area contributed by atoms with Crippen LogP contribution in [0.1, 0.15) is 49.7 Å². The van der Waals surface area contributed by atoms with E-state index in [-0.39, 0.29) is 5.92 Å². The number of carbonyl (C=O) groups excluding carboxylic acids is 1. The lowest BCUT2D eigenvalue weighted by Crippen LogP contribution is -2.39. The van der Waals surface area contributed by atoms with E-state index in [2.05, 4.69) is 23.1 Å². The van der Waals surface area contributed by atoms with Crippen molar-refractivity contribution < 1.29 is 9.53 Å². The van der Waals surface area contributed by atoms with Crippen molar-refractivity contribution in [2.75, 3.05) is 6.54 Å². The van der Waals surface area contributed by atoms with Crippen LogP contribution in [0.15, 0.2) is 54.6 Å². The molecule has 4 rings (SSSR count). The van der Waals surface area contributed by atoms with Gasteiger partial charge in [0.15, 0.2) is 0 Å². The fourth-order valence-electron chi connectivity index (χ4n) is 4.52. The Kier molecular flexibility index (Phi) is 5.76. The first-order chi connectivity index (χ1) is 13.3. The molecular weight excluding hydrogens is 334 g/mol. The molecule has 2 aliphatic rings. The van der Waals surface area contributed by atoms with Gasteiger partial charge in [-0.25, -0.2) is 0 Å². The lowest BCUT2D eigenvalue weighted by Gasteiger charge is -2.31. The van der Waals surface area contributed by atoms with Crippen molar-refractivity contribution in [1.82, 2.24) is 4.90 Å². The van der Waals surface area contributed by atoms with Gasteiger partial charge in [-0.2, -0.15) is 0 Å². The Morgan fingerprint density at radius 1 is 0.889 bits per heavy atom. The summed E-state index contributed by atoms with van der Waals surface area (Å²) in [6, 6.07) is 18.9. The Morgan fingerprint density at radius 3 is 2.44 bits per heavy atom. The normalized spacial score (nSPS) is 20.8. The summed E-state index contributed by atoms with van der Waals surface area (Å²) in [4.78, 5) is 15.2. The lowest BCUT2D eigenvalue weighted by molar-refractivity contribution is -0.133. The van der Waals surface area contributed by atoms with Crippen molar-refractivity contribution in [3.8, 4) is 5.75 Å². The predicted octanol–water partition coefficient (Wildman–Crippen LogP) is 4.99. The number of para-hydroxylation sites is 1. The minimum atomic E-state index is 0.105. The van der Waals surface area contributed by atoms with E-state index in [4.69, 9.17) is 4.74 Å². The average molecular weight is 364 g/mol. The van der Waals surface area contributed by atoms with E-state index in [0.717, 1.165) is 36.3 Å². The molecule has 3 nitrogen and oxygen atoms in total. The number of hydrogen-bond acceptors (Lipinski definition) is 2. The zero-order valence-electron chi connectivity index (χ0n) is 16.0. The average Bonchev–Trinajstić information content (AvgIpc) is 3.09. The third-order valence-electron chi connectivity index (χ3n) is 6.04. The molecule has 2 aromatic rings. The van der Waals surface area contributed by atoms with E-state index in [9.17, 15) is 4.79 Å². The van der Waals surface area contributed by atoms with Crippen LogP contribution >= 0.6 is 0 Å². The molecule has 1 saturated heterocycles. The summed E-state index contributed by atoms with van der Waals surface area (Å²) in [7, 11) is 0. The highest BCUT2D eigenvalue weighted by Gasteiger charge is 2.36. The third-order valence-corrected chi connectivity index (χ3v) is 6.04. The maximum absolute atomic E-state index is 13.0. The summed E-state index contributed by atoms with van der Waals surface area (Å²) in [5.41, 5.74) is 2.31.